The fourth-order valence-electron chi connectivity index (χ4n) is 2.06. The molecule has 0 spiro atoms. The zero-order valence-electron chi connectivity index (χ0n) is 11.5. The minimum absolute atomic E-state index is 0.0659. The molecule has 3 aromatic rings. The minimum atomic E-state index is 0.0659. The number of rotatable bonds is 4. The molecule has 6 heteroatoms. The molecule has 2 N–H and O–H groups in total. The lowest BCUT2D eigenvalue weighted by Crippen LogP contribution is -2.07. The van der Waals surface area contributed by atoms with E-state index in [4.69, 9.17) is 0 Å². The smallest absolute Gasteiger partial charge is 0.155 e. The second-order valence-electron chi connectivity index (χ2n) is 4.71. The van der Waals surface area contributed by atoms with Gasteiger partial charge in [0.15, 0.2) is 5.82 Å². The van der Waals surface area contributed by atoms with Gasteiger partial charge in [0.1, 0.15) is 18.4 Å². The Kier molecular flexibility index (Phi) is 3.51. The second-order valence-corrected chi connectivity index (χ2v) is 4.71. The highest BCUT2D eigenvalue weighted by molar-refractivity contribution is 5.46. The summed E-state index contributed by atoms with van der Waals surface area (Å²) in [5.74, 6) is 0.976. The number of nitrogens with one attached hydrogen (secondary N) is 1. The molecule has 6 nitrogen and oxygen atoms in total. The first-order chi connectivity index (χ1) is 10.2. The van der Waals surface area contributed by atoms with E-state index in [-0.39, 0.29) is 11.8 Å². The predicted molar refractivity (Wildman–Crippen MR) is 79.3 cm³/mol. The number of hydrogen-bond acceptors (Lipinski definition) is 5. The number of phenolic OH excluding ortho intramolecular Hbond substituents is 1. The Morgan fingerprint density at radius 1 is 1.24 bits per heavy atom. The van der Waals surface area contributed by atoms with Crippen molar-refractivity contribution in [1.82, 2.24) is 19.7 Å². The fraction of sp³-hybridized carbons (Fsp3) is 0.133. The van der Waals surface area contributed by atoms with E-state index in [1.54, 1.807) is 29.3 Å². The molecule has 3 rings (SSSR count). The van der Waals surface area contributed by atoms with Crippen LogP contribution in [0.5, 0.6) is 5.75 Å². The van der Waals surface area contributed by atoms with Crippen LogP contribution in [-0.2, 0) is 0 Å². The molecule has 0 radical (unpaired) electrons. The van der Waals surface area contributed by atoms with Gasteiger partial charge in [-0.1, -0.05) is 12.1 Å². The zero-order valence-corrected chi connectivity index (χ0v) is 11.5. The van der Waals surface area contributed by atoms with Crippen LogP contribution in [0.3, 0.4) is 0 Å². The average molecular weight is 281 g/mol. The molecule has 0 aliphatic rings. The molecule has 21 heavy (non-hydrogen) atoms. The SMILES string of the molecule is CC(Nc1ccc(-n2cncn2)nc1)c1cccc(O)c1. The first-order valence-corrected chi connectivity index (χ1v) is 6.59. The Morgan fingerprint density at radius 2 is 2.14 bits per heavy atom. The third kappa shape index (κ3) is 3.00. The Morgan fingerprint density at radius 3 is 2.81 bits per heavy atom. The number of hydrogen-bond donors (Lipinski definition) is 2. The number of nitrogens with zero attached hydrogens (tertiary/aromatic N) is 4. The first-order valence-electron chi connectivity index (χ1n) is 6.59. The molecule has 0 aliphatic heterocycles. The highest BCUT2D eigenvalue weighted by atomic mass is 16.3. The standard InChI is InChI=1S/C15H15N5O/c1-11(12-3-2-4-14(21)7-12)19-13-5-6-15(17-8-13)20-10-16-9-18-20/h2-11,19,21H,1H3. The molecule has 2 aromatic heterocycles. The van der Waals surface area contributed by atoms with Crippen LogP contribution in [0, 0.1) is 0 Å². The summed E-state index contributed by atoms with van der Waals surface area (Å²) in [6.45, 7) is 2.03. The molecular weight excluding hydrogens is 266 g/mol. The van der Waals surface area contributed by atoms with Gasteiger partial charge < -0.3 is 10.4 Å². The van der Waals surface area contributed by atoms with Crippen LogP contribution in [0.15, 0.2) is 55.2 Å². The van der Waals surface area contributed by atoms with Crippen molar-refractivity contribution in [3.63, 3.8) is 0 Å². The van der Waals surface area contributed by atoms with Gasteiger partial charge in [-0.25, -0.2) is 14.6 Å². The van der Waals surface area contributed by atoms with Gasteiger partial charge in [0.2, 0.25) is 0 Å². The van der Waals surface area contributed by atoms with E-state index in [0.29, 0.717) is 5.82 Å². The maximum absolute atomic E-state index is 9.51. The molecule has 0 fully saturated rings. The summed E-state index contributed by atoms with van der Waals surface area (Å²) in [6.07, 6.45) is 4.82. The largest absolute Gasteiger partial charge is 0.508 e. The lowest BCUT2D eigenvalue weighted by atomic mass is 10.1. The van der Waals surface area contributed by atoms with Crippen LogP contribution in [0.2, 0.25) is 0 Å². The lowest BCUT2D eigenvalue weighted by Gasteiger charge is -2.15. The number of pyridine rings is 1. The summed E-state index contributed by atoms with van der Waals surface area (Å²) >= 11 is 0. The van der Waals surface area contributed by atoms with Crippen molar-refractivity contribution in [2.75, 3.05) is 5.32 Å². The summed E-state index contributed by atoms with van der Waals surface area (Å²) in [6, 6.07) is 11.1. The third-order valence-corrected chi connectivity index (χ3v) is 3.15. The monoisotopic (exact) mass is 281 g/mol. The molecule has 0 bridgehead atoms. The molecule has 2 heterocycles. The van der Waals surface area contributed by atoms with Crippen LogP contribution in [-0.4, -0.2) is 24.9 Å². The number of benzene rings is 1. The van der Waals surface area contributed by atoms with E-state index in [9.17, 15) is 5.11 Å². The quantitative estimate of drug-likeness (QED) is 0.768. The Hall–Kier alpha value is -2.89. The van der Waals surface area contributed by atoms with Crippen molar-refractivity contribution in [1.29, 1.82) is 0 Å². The van der Waals surface area contributed by atoms with E-state index < -0.39 is 0 Å². The topological polar surface area (TPSA) is 75.9 Å². The van der Waals surface area contributed by atoms with E-state index in [1.165, 1.54) is 6.33 Å². The van der Waals surface area contributed by atoms with E-state index >= 15 is 0 Å². The van der Waals surface area contributed by atoms with Crippen molar-refractivity contribution in [2.45, 2.75) is 13.0 Å². The lowest BCUT2D eigenvalue weighted by molar-refractivity contribution is 0.474. The third-order valence-electron chi connectivity index (χ3n) is 3.15. The number of phenols is 1. The Balaban J connectivity index is 1.73. The van der Waals surface area contributed by atoms with Gasteiger partial charge in [0.05, 0.1) is 11.9 Å². The van der Waals surface area contributed by atoms with E-state index in [0.717, 1.165) is 11.3 Å². The number of anilines is 1. The molecule has 0 saturated heterocycles. The van der Waals surface area contributed by atoms with Gasteiger partial charge in [-0.05, 0) is 36.8 Å². The highest BCUT2D eigenvalue weighted by Gasteiger charge is 2.06. The zero-order chi connectivity index (χ0) is 14.7. The van der Waals surface area contributed by atoms with Gasteiger partial charge >= 0.3 is 0 Å². The van der Waals surface area contributed by atoms with Crippen LogP contribution >= 0.6 is 0 Å². The molecule has 1 aromatic carbocycles. The predicted octanol–water partition coefficient (Wildman–Crippen LogP) is 2.54. The molecule has 106 valence electrons. The maximum Gasteiger partial charge on any atom is 0.155 e. The van der Waals surface area contributed by atoms with Crippen molar-refractivity contribution in [3.05, 3.63) is 60.8 Å². The summed E-state index contributed by atoms with van der Waals surface area (Å²) in [4.78, 5) is 8.22. The molecular formula is C15H15N5O. The van der Waals surface area contributed by atoms with Crippen LogP contribution in [0.1, 0.15) is 18.5 Å². The van der Waals surface area contributed by atoms with Crippen LogP contribution in [0.4, 0.5) is 5.69 Å². The fourth-order valence-corrected chi connectivity index (χ4v) is 2.06. The summed E-state index contributed by atoms with van der Waals surface area (Å²) in [7, 11) is 0. The Bertz CT molecular complexity index is 709. The van der Waals surface area contributed by atoms with Gasteiger partial charge in [0.25, 0.3) is 0 Å². The molecule has 0 aliphatic carbocycles. The molecule has 0 saturated carbocycles. The first kappa shape index (κ1) is 13.1. The average Bonchev–Trinajstić information content (AvgIpc) is 3.02. The number of aromatic hydroxyl groups is 1. The van der Waals surface area contributed by atoms with Crippen LogP contribution < -0.4 is 5.32 Å². The molecule has 1 atom stereocenters. The Labute approximate surface area is 122 Å². The molecule has 1 unspecified atom stereocenters. The van der Waals surface area contributed by atoms with Gasteiger partial charge in [-0.2, -0.15) is 5.10 Å². The van der Waals surface area contributed by atoms with Crippen LogP contribution in [0.25, 0.3) is 5.82 Å². The summed E-state index contributed by atoms with van der Waals surface area (Å²) in [5.41, 5.74) is 1.91. The minimum Gasteiger partial charge on any atom is -0.508 e. The van der Waals surface area contributed by atoms with Gasteiger partial charge in [-0.3, -0.25) is 0 Å². The normalized spacial score (nSPS) is 12.0. The van der Waals surface area contributed by atoms with E-state index in [2.05, 4.69) is 20.4 Å². The maximum atomic E-state index is 9.51. The van der Waals surface area contributed by atoms with Crippen molar-refractivity contribution < 1.29 is 5.11 Å². The highest BCUT2D eigenvalue weighted by Crippen LogP contribution is 2.22. The van der Waals surface area contributed by atoms with Gasteiger partial charge in [-0.15, -0.1) is 0 Å². The summed E-state index contributed by atoms with van der Waals surface area (Å²) < 4.78 is 1.60. The molecule has 0 amide bonds. The summed E-state index contributed by atoms with van der Waals surface area (Å²) in [5, 5.41) is 16.9. The van der Waals surface area contributed by atoms with Crippen molar-refractivity contribution in [3.8, 4) is 11.6 Å². The van der Waals surface area contributed by atoms with Crippen molar-refractivity contribution in [2.24, 2.45) is 0 Å². The van der Waals surface area contributed by atoms with Gasteiger partial charge in [0, 0.05) is 6.04 Å². The number of aromatic nitrogens is 4. The van der Waals surface area contributed by atoms with E-state index in [1.807, 2.05) is 31.2 Å². The van der Waals surface area contributed by atoms with Crippen molar-refractivity contribution >= 4 is 5.69 Å². The second kappa shape index (κ2) is 5.62.